The Kier molecular flexibility index (Phi) is 4.84. The highest BCUT2D eigenvalue weighted by atomic mass is 79.9. The van der Waals surface area contributed by atoms with Crippen molar-refractivity contribution < 1.29 is 4.74 Å². The second-order valence-electron chi connectivity index (χ2n) is 4.97. The van der Waals surface area contributed by atoms with Crippen molar-refractivity contribution in [2.24, 2.45) is 0 Å². The molecule has 2 nitrogen and oxygen atoms in total. The van der Waals surface area contributed by atoms with E-state index >= 15 is 0 Å². The normalized spacial score (nSPS) is 12.2. The number of hydrogen-bond acceptors (Lipinski definition) is 2. The van der Waals surface area contributed by atoms with Gasteiger partial charge in [0.25, 0.3) is 0 Å². The molecule has 0 aliphatic heterocycles. The van der Waals surface area contributed by atoms with Gasteiger partial charge >= 0.3 is 0 Å². The number of aryl methyl sites for hydroxylation is 2. The zero-order valence-corrected chi connectivity index (χ0v) is 13.9. The monoisotopic (exact) mass is 333 g/mol. The molecule has 2 rings (SSSR count). The summed E-state index contributed by atoms with van der Waals surface area (Å²) in [5, 5.41) is 3.39. The zero-order valence-electron chi connectivity index (χ0n) is 12.3. The lowest BCUT2D eigenvalue weighted by molar-refractivity contribution is 0.405. The molecule has 3 heteroatoms. The van der Waals surface area contributed by atoms with Crippen molar-refractivity contribution in [2.45, 2.75) is 19.9 Å². The number of hydrogen-bond donors (Lipinski definition) is 1. The molecule has 0 amide bonds. The molecule has 1 atom stereocenters. The molecular weight excluding hydrogens is 314 g/mol. The van der Waals surface area contributed by atoms with Crippen molar-refractivity contribution in [3.8, 4) is 5.75 Å². The van der Waals surface area contributed by atoms with Crippen molar-refractivity contribution in [3.63, 3.8) is 0 Å². The van der Waals surface area contributed by atoms with Gasteiger partial charge in [-0.15, -0.1) is 0 Å². The number of ether oxygens (including phenoxy) is 1. The summed E-state index contributed by atoms with van der Waals surface area (Å²) in [6, 6.07) is 12.8. The van der Waals surface area contributed by atoms with Gasteiger partial charge in [-0.2, -0.15) is 0 Å². The number of nitrogens with one attached hydrogen (secondary N) is 1. The lowest BCUT2D eigenvalue weighted by atomic mass is 9.93. The Morgan fingerprint density at radius 2 is 1.75 bits per heavy atom. The topological polar surface area (TPSA) is 21.3 Å². The first-order valence-electron chi connectivity index (χ1n) is 6.64. The molecule has 0 bridgehead atoms. The maximum absolute atomic E-state index is 5.52. The van der Waals surface area contributed by atoms with Crippen LogP contribution in [0.15, 0.2) is 40.9 Å². The Hall–Kier alpha value is -1.32. The molecule has 20 heavy (non-hydrogen) atoms. The lowest BCUT2D eigenvalue weighted by Gasteiger charge is -2.22. The van der Waals surface area contributed by atoms with Crippen LogP contribution < -0.4 is 10.1 Å². The molecule has 1 unspecified atom stereocenters. The number of methoxy groups -OCH3 is 1. The number of benzene rings is 2. The molecule has 2 aromatic carbocycles. The average molecular weight is 334 g/mol. The summed E-state index contributed by atoms with van der Waals surface area (Å²) in [5.41, 5.74) is 4.99. The molecule has 0 saturated carbocycles. The minimum absolute atomic E-state index is 0.124. The number of halogens is 1. The van der Waals surface area contributed by atoms with Gasteiger partial charge in [-0.3, -0.25) is 0 Å². The molecule has 2 aromatic rings. The van der Waals surface area contributed by atoms with Crippen LogP contribution in [0.25, 0.3) is 0 Å². The molecule has 0 aliphatic rings. The molecule has 0 spiro atoms. The van der Waals surface area contributed by atoms with Crippen LogP contribution in [0, 0.1) is 13.8 Å². The Balaban J connectivity index is 2.52. The van der Waals surface area contributed by atoms with E-state index in [-0.39, 0.29) is 6.04 Å². The van der Waals surface area contributed by atoms with Crippen molar-refractivity contribution >= 4 is 15.9 Å². The summed E-state index contributed by atoms with van der Waals surface area (Å²) in [4.78, 5) is 0. The fourth-order valence-electron chi connectivity index (χ4n) is 2.55. The van der Waals surface area contributed by atoms with Gasteiger partial charge in [0.15, 0.2) is 0 Å². The summed E-state index contributed by atoms with van der Waals surface area (Å²) in [7, 11) is 3.69. The van der Waals surface area contributed by atoms with Crippen molar-refractivity contribution in [2.75, 3.05) is 14.2 Å². The largest absolute Gasteiger partial charge is 0.496 e. The van der Waals surface area contributed by atoms with Gasteiger partial charge < -0.3 is 10.1 Å². The summed E-state index contributed by atoms with van der Waals surface area (Å²) >= 11 is 3.49. The molecule has 0 radical (unpaired) electrons. The van der Waals surface area contributed by atoms with Gasteiger partial charge in [-0.1, -0.05) is 45.8 Å². The standard InChI is InChI=1S/C17H20BrNO/c1-11-5-7-14(12(2)9-11)17(19-3)15-8-6-13(18)10-16(15)20-4/h5-10,17,19H,1-4H3. The third-order valence-corrected chi connectivity index (χ3v) is 4.02. The minimum Gasteiger partial charge on any atom is -0.496 e. The minimum atomic E-state index is 0.124. The Labute approximate surface area is 129 Å². The fourth-order valence-corrected chi connectivity index (χ4v) is 2.89. The lowest BCUT2D eigenvalue weighted by Crippen LogP contribution is -2.19. The van der Waals surface area contributed by atoms with Gasteiger partial charge in [-0.05, 0) is 44.2 Å². The van der Waals surface area contributed by atoms with Crippen LogP contribution in [0.5, 0.6) is 5.75 Å². The maximum atomic E-state index is 5.52. The summed E-state index contributed by atoms with van der Waals surface area (Å²) in [6.07, 6.45) is 0. The Morgan fingerprint density at radius 1 is 1.05 bits per heavy atom. The Bertz CT molecular complexity index is 610. The maximum Gasteiger partial charge on any atom is 0.125 e. The van der Waals surface area contributed by atoms with E-state index in [1.165, 1.54) is 16.7 Å². The smallest absolute Gasteiger partial charge is 0.125 e. The molecule has 0 fully saturated rings. The summed E-state index contributed by atoms with van der Waals surface area (Å²) in [5.74, 6) is 0.888. The SMILES string of the molecule is CNC(c1ccc(C)cc1C)c1ccc(Br)cc1OC. The average Bonchev–Trinajstić information content (AvgIpc) is 2.43. The molecular formula is C17H20BrNO. The molecule has 0 aromatic heterocycles. The van der Waals surface area contributed by atoms with E-state index in [9.17, 15) is 0 Å². The van der Waals surface area contributed by atoms with Gasteiger partial charge in [0.1, 0.15) is 5.75 Å². The van der Waals surface area contributed by atoms with Crippen LogP contribution in [0.3, 0.4) is 0 Å². The third kappa shape index (κ3) is 3.05. The predicted molar refractivity (Wildman–Crippen MR) is 87.5 cm³/mol. The van der Waals surface area contributed by atoms with Crippen LogP contribution in [-0.2, 0) is 0 Å². The van der Waals surface area contributed by atoms with Gasteiger partial charge in [-0.25, -0.2) is 0 Å². The third-order valence-electron chi connectivity index (χ3n) is 3.53. The highest BCUT2D eigenvalue weighted by molar-refractivity contribution is 9.10. The second kappa shape index (κ2) is 6.42. The number of rotatable bonds is 4. The molecule has 106 valence electrons. The summed E-state index contributed by atoms with van der Waals surface area (Å²) < 4.78 is 6.55. The molecule has 1 N–H and O–H groups in total. The Morgan fingerprint density at radius 3 is 2.35 bits per heavy atom. The first-order valence-corrected chi connectivity index (χ1v) is 7.44. The zero-order chi connectivity index (χ0) is 14.7. The van der Waals surface area contributed by atoms with Crippen molar-refractivity contribution in [1.29, 1.82) is 0 Å². The second-order valence-corrected chi connectivity index (χ2v) is 5.88. The van der Waals surface area contributed by atoms with E-state index in [4.69, 9.17) is 4.74 Å². The predicted octanol–water partition coefficient (Wildman–Crippen LogP) is 4.38. The highest BCUT2D eigenvalue weighted by Gasteiger charge is 2.18. The van der Waals surface area contributed by atoms with Crippen LogP contribution in [0.2, 0.25) is 0 Å². The van der Waals surface area contributed by atoms with Gasteiger partial charge in [0, 0.05) is 10.0 Å². The van der Waals surface area contributed by atoms with Gasteiger partial charge in [0.05, 0.1) is 13.2 Å². The van der Waals surface area contributed by atoms with Crippen LogP contribution >= 0.6 is 15.9 Å². The first-order chi connectivity index (χ1) is 9.56. The fraction of sp³-hybridized carbons (Fsp3) is 0.294. The molecule has 0 aliphatic carbocycles. The van der Waals surface area contributed by atoms with E-state index in [0.29, 0.717) is 0 Å². The van der Waals surface area contributed by atoms with E-state index in [1.807, 2.05) is 19.2 Å². The van der Waals surface area contributed by atoms with E-state index in [1.54, 1.807) is 7.11 Å². The summed E-state index contributed by atoms with van der Waals surface area (Å²) in [6.45, 7) is 4.27. The van der Waals surface area contributed by atoms with Crippen molar-refractivity contribution in [3.05, 3.63) is 63.1 Å². The van der Waals surface area contributed by atoms with Gasteiger partial charge in [0.2, 0.25) is 0 Å². The van der Waals surface area contributed by atoms with Crippen LogP contribution in [-0.4, -0.2) is 14.2 Å². The van der Waals surface area contributed by atoms with Crippen LogP contribution in [0.4, 0.5) is 0 Å². The first kappa shape index (κ1) is 15.1. The molecule has 0 heterocycles. The van der Waals surface area contributed by atoms with E-state index < -0.39 is 0 Å². The highest BCUT2D eigenvalue weighted by Crippen LogP contribution is 2.33. The van der Waals surface area contributed by atoms with Crippen LogP contribution in [0.1, 0.15) is 28.3 Å². The van der Waals surface area contributed by atoms with E-state index in [2.05, 4.69) is 59.4 Å². The molecule has 0 saturated heterocycles. The van der Waals surface area contributed by atoms with E-state index in [0.717, 1.165) is 15.8 Å². The quantitative estimate of drug-likeness (QED) is 0.896. The van der Waals surface area contributed by atoms with Crippen molar-refractivity contribution in [1.82, 2.24) is 5.32 Å².